The Bertz CT molecular complexity index is 223. The second-order valence-corrected chi connectivity index (χ2v) is 4.48. The monoisotopic (exact) mass is 209 g/mol. The Labute approximate surface area is 93.3 Å². The number of hydrogen-bond acceptors (Lipinski definition) is 1. The molecule has 1 rings (SSSR count). The summed E-state index contributed by atoms with van der Waals surface area (Å²) in [7, 11) is 0. The lowest BCUT2D eigenvalue weighted by Gasteiger charge is -2.41. The van der Waals surface area contributed by atoms with E-state index in [1.807, 2.05) is 6.08 Å². The molecule has 0 aliphatic carbocycles. The summed E-state index contributed by atoms with van der Waals surface area (Å²) in [5.41, 5.74) is 0. The van der Waals surface area contributed by atoms with Gasteiger partial charge in [-0.1, -0.05) is 19.4 Å². The van der Waals surface area contributed by atoms with Gasteiger partial charge in [0, 0.05) is 19.0 Å². The summed E-state index contributed by atoms with van der Waals surface area (Å²) in [4.78, 5) is 13.8. The van der Waals surface area contributed by atoms with E-state index in [0.29, 0.717) is 12.1 Å². The third kappa shape index (κ3) is 3.08. The van der Waals surface area contributed by atoms with Gasteiger partial charge in [0.15, 0.2) is 0 Å². The molecular formula is C13H23NO. The molecule has 2 nitrogen and oxygen atoms in total. The van der Waals surface area contributed by atoms with E-state index < -0.39 is 0 Å². The fourth-order valence-electron chi connectivity index (χ4n) is 2.72. The Morgan fingerprint density at radius 2 is 2.13 bits per heavy atom. The number of carbonyl (C=O) groups excluding carboxylic acids is 1. The number of carbonyl (C=O) groups is 1. The van der Waals surface area contributed by atoms with Crippen LogP contribution in [0.25, 0.3) is 0 Å². The van der Waals surface area contributed by atoms with E-state index in [-0.39, 0.29) is 5.91 Å². The fraction of sp³-hybridized carbons (Fsp3) is 0.769. The highest BCUT2D eigenvalue weighted by molar-refractivity contribution is 5.74. The SMILES string of the molecule is C=CC[C@H]1CCC[C@H](CCC)N1C(C)=O. The Kier molecular flexibility index (Phi) is 4.86. The number of amides is 1. The van der Waals surface area contributed by atoms with Crippen molar-refractivity contribution in [1.29, 1.82) is 0 Å². The first-order chi connectivity index (χ1) is 7.20. The molecule has 0 aromatic heterocycles. The summed E-state index contributed by atoms with van der Waals surface area (Å²) in [5, 5.41) is 0. The summed E-state index contributed by atoms with van der Waals surface area (Å²) >= 11 is 0. The van der Waals surface area contributed by atoms with Crippen molar-refractivity contribution in [2.45, 2.75) is 64.5 Å². The highest BCUT2D eigenvalue weighted by Crippen LogP contribution is 2.27. The standard InChI is InChI=1S/C13H23NO/c1-4-7-12-9-6-10-13(8-5-2)14(12)11(3)15/h4,12-13H,1,5-10H2,2-3H3/t12-,13-/m0/s1. The van der Waals surface area contributed by atoms with Crippen LogP contribution >= 0.6 is 0 Å². The Morgan fingerprint density at radius 1 is 1.47 bits per heavy atom. The Hall–Kier alpha value is -0.790. The van der Waals surface area contributed by atoms with Crippen LogP contribution in [0.15, 0.2) is 12.7 Å². The molecule has 0 spiro atoms. The van der Waals surface area contributed by atoms with Crippen molar-refractivity contribution in [2.75, 3.05) is 0 Å². The zero-order chi connectivity index (χ0) is 11.3. The first-order valence-electron chi connectivity index (χ1n) is 6.10. The molecule has 1 heterocycles. The van der Waals surface area contributed by atoms with E-state index in [4.69, 9.17) is 0 Å². The average molecular weight is 209 g/mol. The lowest BCUT2D eigenvalue weighted by Crippen LogP contribution is -2.48. The van der Waals surface area contributed by atoms with E-state index in [1.54, 1.807) is 6.92 Å². The van der Waals surface area contributed by atoms with Gasteiger partial charge in [0.25, 0.3) is 0 Å². The van der Waals surface area contributed by atoms with Crippen LogP contribution in [0.5, 0.6) is 0 Å². The molecule has 15 heavy (non-hydrogen) atoms. The minimum absolute atomic E-state index is 0.236. The third-order valence-electron chi connectivity index (χ3n) is 3.29. The van der Waals surface area contributed by atoms with E-state index >= 15 is 0 Å². The van der Waals surface area contributed by atoms with Gasteiger partial charge in [-0.3, -0.25) is 4.79 Å². The number of hydrogen-bond donors (Lipinski definition) is 0. The highest BCUT2D eigenvalue weighted by atomic mass is 16.2. The van der Waals surface area contributed by atoms with Gasteiger partial charge in [-0.25, -0.2) is 0 Å². The number of piperidine rings is 1. The summed E-state index contributed by atoms with van der Waals surface area (Å²) in [6.45, 7) is 7.67. The van der Waals surface area contributed by atoms with Crippen LogP contribution in [0.2, 0.25) is 0 Å². The topological polar surface area (TPSA) is 20.3 Å². The van der Waals surface area contributed by atoms with Crippen LogP contribution in [0.1, 0.15) is 52.4 Å². The molecule has 0 aromatic rings. The van der Waals surface area contributed by atoms with Crippen molar-refractivity contribution >= 4 is 5.91 Å². The van der Waals surface area contributed by atoms with Crippen LogP contribution in [0, 0.1) is 0 Å². The molecule has 0 bridgehead atoms. The van der Waals surface area contributed by atoms with E-state index in [9.17, 15) is 4.79 Å². The van der Waals surface area contributed by atoms with Gasteiger partial charge in [-0.15, -0.1) is 6.58 Å². The minimum Gasteiger partial charge on any atom is -0.337 e. The molecule has 0 N–H and O–H groups in total. The highest BCUT2D eigenvalue weighted by Gasteiger charge is 2.30. The second-order valence-electron chi connectivity index (χ2n) is 4.48. The lowest BCUT2D eigenvalue weighted by atomic mass is 9.91. The first kappa shape index (κ1) is 12.3. The van der Waals surface area contributed by atoms with Crippen LogP contribution in [-0.2, 0) is 4.79 Å². The van der Waals surface area contributed by atoms with E-state index in [0.717, 1.165) is 25.7 Å². The maximum Gasteiger partial charge on any atom is 0.219 e. The molecule has 2 heteroatoms. The lowest BCUT2D eigenvalue weighted by molar-refractivity contribution is -0.136. The molecule has 1 amide bonds. The van der Waals surface area contributed by atoms with Crippen molar-refractivity contribution in [3.05, 3.63) is 12.7 Å². The fourth-order valence-corrected chi connectivity index (χ4v) is 2.72. The van der Waals surface area contributed by atoms with E-state index in [2.05, 4.69) is 18.4 Å². The zero-order valence-corrected chi connectivity index (χ0v) is 10.0. The second kappa shape index (κ2) is 5.94. The van der Waals surface area contributed by atoms with Crippen molar-refractivity contribution in [3.8, 4) is 0 Å². The molecule has 0 saturated carbocycles. The quantitative estimate of drug-likeness (QED) is 0.651. The predicted octanol–water partition coefficient (Wildman–Crippen LogP) is 3.13. The molecule has 1 fully saturated rings. The van der Waals surface area contributed by atoms with Crippen LogP contribution in [-0.4, -0.2) is 22.9 Å². The Balaban J connectivity index is 2.70. The van der Waals surface area contributed by atoms with Gasteiger partial charge >= 0.3 is 0 Å². The molecular weight excluding hydrogens is 186 g/mol. The zero-order valence-electron chi connectivity index (χ0n) is 10.0. The van der Waals surface area contributed by atoms with Gasteiger partial charge in [0.1, 0.15) is 0 Å². The molecule has 0 aromatic carbocycles. The maximum atomic E-state index is 11.7. The van der Waals surface area contributed by atoms with Gasteiger partial charge in [0.05, 0.1) is 0 Å². The van der Waals surface area contributed by atoms with Gasteiger partial charge in [-0.2, -0.15) is 0 Å². The van der Waals surface area contributed by atoms with Crippen molar-refractivity contribution < 1.29 is 4.79 Å². The average Bonchev–Trinajstić information content (AvgIpc) is 2.18. The first-order valence-corrected chi connectivity index (χ1v) is 6.10. The molecule has 0 radical (unpaired) electrons. The smallest absolute Gasteiger partial charge is 0.219 e. The largest absolute Gasteiger partial charge is 0.337 e. The van der Waals surface area contributed by atoms with Gasteiger partial charge in [-0.05, 0) is 32.1 Å². The van der Waals surface area contributed by atoms with Crippen LogP contribution in [0.3, 0.4) is 0 Å². The van der Waals surface area contributed by atoms with Crippen molar-refractivity contribution in [3.63, 3.8) is 0 Å². The van der Waals surface area contributed by atoms with Crippen LogP contribution < -0.4 is 0 Å². The summed E-state index contributed by atoms with van der Waals surface area (Å²) in [6.07, 6.45) is 8.77. The summed E-state index contributed by atoms with van der Waals surface area (Å²) in [6, 6.07) is 0.886. The number of likely N-dealkylation sites (tertiary alicyclic amines) is 1. The van der Waals surface area contributed by atoms with Crippen molar-refractivity contribution in [2.24, 2.45) is 0 Å². The van der Waals surface area contributed by atoms with E-state index in [1.165, 1.54) is 12.8 Å². The minimum atomic E-state index is 0.236. The summed E-state index contributed by atoms with van der Waals surface area (Å²) < 4.78 is 0. The normalized spacial score (nSPS) is 26.4. The van der Waals surface area contributed by atoms with Gasteiger partial charge < -0.3 is 4.90 Å². The molecule has 2 atom stereocenters. The maximum absolute atomic E-state index is 11.7. The summed E-state index contributed by atoms with van der Waals surface area (Å²) in [5.74, 6) is 0.236. The molecule has 1 aliphatic rings. The predicted molar refractivity (Wildman–Crippen MR) is 63.7 cm³/mol. The molecule has 0 unspecified atom stereocenters. The third-order valence-corrected chi connectivity index (χ3v) is 3.29. The Morgan fingerprint density at radius 3 is 2.67 bits per heavy atom. The van der Waals surface area contributed by atoms with Crippen LogP contribution in [0.4, 0.5) is 0 Å². The molecule has 86 valence electrons. The van der Waals surface area contributed by atoms with Crippen molar-refractivity contribution in [1.82, 2.24) is 4.90 Å². The number of rotatable bonds is 4. The molecule has 1 saturated heterocycles. The molecule has 1 aliphatic heterocycles. The number of nitrogens with zero attached hydrogens (tertiary/aromatic N) is 1. The van der Waals surface area contributed by atoms with Gasteiger partial charge in [0.2, 0.25) is 5.91 Å².